The van der Waals surface area contributed by atoms with E-state index in [9.17, 15) is 14.3 Å². The Kier molecular flexibility index (Phi) is 5.78. The Morgan fingerprint density at radius 3 is 2.85 bits per heavy atom. The number of amides is 1. The molecule has 0 aliphatic heterocycles. The third-order valence-corrected chi connectivity index (χ3v) is 4.58. The van der Waals surface area contributed by atoms with Crippen LogP contribution in [0, 0.1) is 18.7 Å². The highest BCUT2D eigenvalue weighted by atomic mass is 19.1. The lowest BCUT2D eigenvalue weighted by atomic mass is 9.84. The zero-order valence-electron chi connectivity index (χ0n) is 14.6. The molecule has 1 aromatic heterocycles. The Bertz CT molecular complexity index is 754. The number of rotatable bonds is 5. The number of aliphatic hydroxyl groups is 1. The molecule has 0 bridgehead atoms. The third kappa shape index (κ3) is 4.54. The largest absolute Gasteiger partial charge is 0.488 e. The molecular weight excluding hydrogens is 337 g/mol. The molecule has 0 saturated heterocycles. The van der Waals surface area contributed by atoms with Crippen molar-refractivity contribution in [3.8, 4) is 5.75 Å². The number of hydrogen-bond acceptors (Lipinski definition) is 5. The minimum Gasteiger partial charge on any atom is -0.488 e. The first kappa shape index (κ1) is 18.3. The number of benzene rings is 1. The zero-order chi connectivity index (χ0) is 18.5. The minimum atomic E-state index is -0.735. The Labute approximate surface area is 151 Å². The van der Waals surface area contributed by atoms with Gasteiger partial charge in [-0.1, -0.05) is 6.07 Å². The first-order valence-electron chi connectivity index (χ1n) is 8.70. The number of halogens is 1. The number of carbonyl (C=O) groups is 1. The lowest BCUT2D eigenvalue weighted by molar-refractivity contribution is -0.0302. The fourth-order valence-electron chi connectivity index (χ4n) is 3.13. The summed E-state index contributed by atoms with van der Waals surface area (Å²) >= 11 is 0. The van der Waals surface area contributed by atoms with Crippen LogP contribution in [-0.2, 0) is 0 Å². The van der Waals surface area contributed by atoms with Gasteiger partial charge in [0.1, 0.15) is 23.5 Å². The molecule has 26 heavy (non-hydrogen) atoms. The third-order valence-electron chi connectivity index (χ3n) is 4.58. The van der Waals surface area contributed by atoms with Gasteiger partial charge in [0.15, 0.2) is 0 Å². The predicted molar refractivity (Wildman–Crippen MR) is 93.3 cm³/mol. The fraction of sp³-hybridized carbons (Fsp3) is 0.421. The van der Waals surface area contributed by atoms with E-state index in [-0.39, 0.29) is 17.6 Å². The topological polar surface area (TPSA) is 84.3 Å². The molecule has 1 aliphatic rings. The van der Waals surface area contributed by atoms with E-state index in [0.29, 0.717) is 30.1 Å². The average molecular weight is 359 g/mol. The van der Waals surface area contributed by atoms with Crippen molar-refractivity contribution in [2.75, 3.05) is 6.54 Å². The molecule has 1 amide bonds. The number of carbonyl (C=O) groups excluding carboxylic acids is 1. The van der Waals surface area contributed by atoms with Gasteiger partial charge < -0.3 is 15.2 Å². The van der Waals surface area contributed by atoms with Gasteiger partial charge in [-0.3, -0.25) is 4.79 Å². The zero-order valence-corrected chi connectivity index (χ0v) is 14.6. The van der Waals surface area contributed by atoms with Crippen molar-refractivity contribution in [1.82, 2.24) is 15.3 Å². The average Bonchev–Trinajstić information content (AvgIpc) is 2.63. The molecule has 1 aromatic carbocycles. The molecule has 138 valence electrons. The van der Waals surface area contributed by atoms with Crippen molar-refractivity contribution < 1.29 is 19.0 Å². The summed E-state index contributed by atoms with van der Waals surface area (Å²) in [6, 6.07) is 5.88. The summed E-state index contributed by atoms with van der Waals surface area (Å²) in [5.74, 6) is 0.219. The SMILES string of the molecule is Cc1ncc(C(=O)NC[C@H]2CCC[C@@H](Oc3cccc(F)c3)[C@@H]2O)cn1. The maximum atomic E-state index is 13.3. The number of aryl methyl sites for hydroxylation is 1. The van der Waals surface area contributed by atoms with E-state index in [1.54, 1.807) is 19.1 Å². The van der Waals surface area contributed by atoms with Crippen LogP contribution in [0.15, 0.2) is 36.7 Å². The van der Waals surface area contributed by atoms with Crippen LogP contribution < -0.4 is 10.1 Å². The lowest BCUT2D eigenvalue weighted by Crippen LogP contribution is -2.45. The Balaban J connectivity index is 1.56. The Morgan fingerprint density at radius 2 is 2.12 bits per heavy atom. The standard InChI is InChI=1S/C19H22FN3O3/c1-12-21-10-14(11-22-12)19(25)23-9-13-4-2-7-17(18(13)24)26-16-6-3-5-15(20)8-16/h3,5-6,8,10-11,13,17-18,24H,2,4,7,9H2,1H3,(H,23,25)/t13-,17-,18-/m1/s1. The maximum Gasteiger partial charge on any atom is 0.254 e. The summed E-state index contributed by atoms with van der Waals surface area (Å²) in [5, 5.41) is 13.4. The summed E-state index contributed by atoms with van der Waals surface area (Å²) in [7, 11) is 0. The molecule has 0 unspecified atom stereocenters. The van der Waals surface area contributed by atoms with E-state index in [4.69, 9.17) is 4.74 Å². The Hall–Kier alpha value is -2.54. The van der Waals surface area contributed by atoms with Gasteiger partial charge in [0.05, 0.1) is 11.7 Å². The second-order valence-corrected chi connectivity index (χ2v) is 6.52. The molecule has 3 atom stereocenters. The summed E-state index contributed by atoms with van der Waals surface area (Å²) < 4.78 is 19.1. The maximum absolute atomic E-state index is 13.3. The van der Waals surface area contributed by atoms with E-state index in [1.807, 2.05) is 0 Å². The van der Waals surface area contributed by atoms with Gasteiger partial charge in [-0.25, -0.2) is 14.4 Å². The molecule has 6 nitrogen and oxygen atoms in total. The highest BCUT2D eigenvalue weighted by Gasteiger charge is 2.33. The number of hydrogen-bond donors (Lipinski definition) is 2. The summed E-state index contributed by atoms with van der Waals surface area (Å²) in [4.78, 5) is 20.2. The number of nitrogens with zero attached hydrogens (tertiary/aromatic N) is 2. The molecule has 1 aliphatic carbocycles. The van der Waals surface area contributed by atoms with E-state index < -0.39 is 12.2 Å². The van der Waals surface area contributed by atoms with Crippen molar-refractivity contribution >= 4 is 5.91 Å². The molecule has 7 heteroatoms. The number of ether oxygens (including phenoxy) is 1. The van der Waals surface area contributed by atoms with Gasteiger partial charge in [0.25, 0.3) is 5.91 Å². The predicted octanol–water partition coefficient (Wildman–Crippen LogP) is 2.26. The van der Waals surface area contributed by atoms with Crippen LogP contribution in [-0.4, -0.2) is 39.7 Å². The molecule has 3 rings (SSSR count). The molecule has 1 saturated carbocycles. The van der Waals surface area contributed by atoms with Gasteiger partial charge in [-0.05, 0) is 38.3 Å². The van der Waals surface area contributed by atoms with Crippen molar-refractivity contribution in [3.63, 3.8) is 0 Å². The van der Waals surface area contributed by atoms with Crippen molar-refractivity contribution in [3.05, 3.63) is 53.9 Å². The second-order valence-electron chi connectivity index (χ2n) is 6.52. The van der Waals surface area contributed by atoms with E-state index >= 15 is 0 Å². The number of nitrogens with one attached hydrogen (secondary N) is 1. The smallest absolute Gasteiger partial charge is 0.254 e. The second kappa shape index (κ2) is 8.23. The lowest BCUT2D eigenvalue weighted by Gasteiger charge is -2.35. The normalized spacial score (nSPS) is 22.7. The van der Waals surface area contributed by atoms with Crippen LogP contribution >= 0.6 is 0 Å². The Morgan fingerprint density at radius 1 is 1.35 bits per heavy atom. The molecule has 2 N–H and O–H groups in total. The van der Waals surface area contributed by atoms with Crippen LogP contribution in [0.2, 0.25) is 0 Å². The minimum absolute atomic E-state index is 0.127. The molecule has 1 fully saturated rings. The highest BCUT2D eigenvalue weighted by molar-refractivity contribution is 5.93. The van der Waals surface area contributed by atoms with E-state index in [1.165, 1.54) is 24.5 Å². The van der Waals surface area contributed by atoms with Crippen LogP contribution in [0.25, 0.3) is 0 Å². The molecule has 1 heterocycles. The van der Waals surface area contributed by atoms with Crippen molar-refractivity contribution in [2.24, 2.45) is 5.92 Å². The quantitative estimate of drug-likeness (QED) is 0.855. The van der Waals surface area contributed by atoms with Gasteiger partial charge in [0, 0.05) is 30.9 Å². The first-order chi connectivity index (χ1) is 12.5. The van der Waals surface area contributed by atoms with Crippen LogP contribution in [0.3, 0.4) is 0 Å². The van der Waals surface area contributed by atoms with Crippen LogP contribution in [0.5, 0.6) is 5.75 Å². The van der Waals surface area contributed by atoms with Gasteiger partial charge >= 0.3 is 0 Å². The van der Waals surface area contributed by atoms with Crippen molar-refractivity contribution in [1.29, 1.82) is 0 Å². The fourth-order valence-corrected chi connectivity index (χ4v) is 3.13. The highest BCUT2D eigenvalue weighted by Crippen LogP contribution is 2.28. The van der Waals surface area contributed by atoms with Crippen molar-refractivity contribution in [2.45, 2.75) is 38.4 Å². The van der Waals surface area contributed by atoms with Gasteiger partial charge in [-0.15, -0.1) is 0 Å². The van der Waals surface area contributed by atoms with E-state index in [0.717, 1.165) is 12.8 Å². The first-order valence-corrected chi connectivity index (χ1v) is 8.70. The van der Waals surface area contributed by atoms with E-state index in [2.05, 4.69) is 15.3 Å². The number of aliphatic hydroxyl groups excluding tert-OH is 1. The summed E-state index contributed by atoms with van der Waals surface area (Å²) in [5.41, 5.74) is 0.383. The molecule has 0 spiro atoms. The molecule has 0 radical (unpaired) electrons. The van der Waals surface area contributed by atoms with Gasteiger partial charge in [-0.2, -0.15) is 0 Å². The molecule has 2 aromatic rings. The summed E-state index contributed by atoms with van der Waals surface area (Å²) in [6.07, 6.45) is 4.14. The van der Waals surface area contributed by atoms with Gasteiger partial charge in [0.2, 0.25) is 0 Å². The van der Waals surface area contributed by atoms with Crippen LogP contribution in [0.4, 0.5) is 4.39 Å². The number of aromatic nitrogens is 2. The molecular formula is C19H22FN3O3. The monoisotopic (exact) mass is 359 g/mol. The summed E-state index contributed by atoms with van der Waals surface area (Å²) in [6.45, 7) is 2.08. The van der Waals surface area contributed by atoms with Crippen LogP contribution in [0.1, 0.15) is 35.4 Å².